The number of benzene rings is 2. The quantitative estimate of drug-likeness (QED) is 0.557. The van der Waals surface area contributed by atoms with Crippen molar-refractivity contribution in [1.29, 1.82) is 0 Å². The molecule has 0 aliphatic carbocycles. The van der Waals surface area contributed by atoms with Gasteiger partial charge in [0.05, 0.1) is 30.8 Å². The summed E-state index contributed by atoms with van der Waals surface area (Å²) >= 11 is 0. The Labute approximate surface area is 161 Å². The minimum Gasteiger partial charge on any atom is -0.493 e. The second-order valence-electron chi connectivity index (χ2n) is 6.69. The molecule has 0 atom stereocenters. The van der Waals surface area contributed by atoms with Gasteiger partial charge in [-0.05, 0) is 37.3 Å². The summed E-state index contributed by atoms with van der Waals surface area (Å²) in [5.41, 5.74) is 4.12. The molecule has 0 spiro atoms. The molecule has 4 rings (SSSR count). The number of nitrogens with zero attached hydrogens (tertiary/aromatic N) is 2. The summed E-state index contributed by atoms with van der Waals surface area (Å²) in [6, 6.07) is 11.5. The molecule has 0 aliphatic heterocycles. The van der Waals surface area contributed by atoms with E-state index in [1.807, 2.05) is 44.3 Å². The average molecular weight is 378 g/mol. The summed E-state index contributed by atoms with van der Waals surface area (Å²) in [5.74, 6) is 2.16. The highest BCUT2D eigenvalue weighted by Gasteiger charge is 2.10. The zero-order valence-corrected chi connectivity index (χ0v) is 16.3. The van der Waals surface area contributed by atoms with E-state index in [2.05, 4.69) is 19.9 Å². The number of methoxy groups -OCH3 is 2. The highest BCUT2D eigenvalue weighted by molar-refractivity contribution is 5.83. The normalized spacial score (nSPS) is 11.1. The molecule has 0 amide bonds. The van der Waals surface area contributed by atoms with Crippen LogP contribution in [0.1, 0.15) is 11.4 Å². The van der Waals surface area contributed by atoms with Crippen molar-refractivity contribution in [3.63, 3.8) is 0 Å². The molecule has 2 N–H and O–H groups in total. The molecule has 7 nitrogen and oxygen atoms in total. The van der Waals surface area contributed by atoms with Crippen LogP contribution in [-0.2, 0) is 13.6 Å². The van der Waals surface area contributed by atoms with Gasteiger partial charge in [0.1, 0.15) is 5.82 Å². The lowest BCUT2D eigenvalue weighted by molar-refractivity contribution is 0.356. The summed E-state index contributed by atoms with van der Waals surface area (Å²) in [7, 11) is 5.16. The number of ether oxygens (including phenoxy) is 2. The third-order valence-electron chi connectivity index (χ3n) is 5.01. The van der Waals surface area contributed by atoms with Crippen LogP contribution in [0.25, 0.3) is 21.9 Å². The fourth-order valence-electron chi connectivity index (χ4n) is 3.34. The van der Waals surface area contributed by atoms with E-state index in [0.717, 1.165) is 27.9 Å². The summed E-state index contributed by atoms with van der Waals surface area (Å²) in [6.07, 6.45) is 0. The number of imidazole rings is 1. The molecule has 2 aromatic heterocycles. The minimum atomic E-state index is -0.137. The summed E-state index contributed by atoms with van der Waals surface area (Å²) in [5, 5.41) is 4.19. The van der Waals surface area contributed by atoms with Crippen molar-refractivity contribution in [1.82, 2.24) is 14.5 Å². The van der Waals surface area contributed by atoms with Crippen molar-refractivity contribution in [2.24, 2.45) is 7.05 Å². The molecule has 144 valence electrons. The number of anilines is 1. The summed E-state index contributed by atoms with van der Waals surface area (Å²) in [4.78, 5) is 20.0. The molecule has 7 heteroatoms. The predicted molar refractivity (Wildman–Crippen MR) is 110 cm³/mol. The summed E-state index contributed by atoms with van der Waals surface area (Å²) in [6.45, 7) is 2.38. The van der Waals surface area contributed by atoms with Gasteiger partial charge in [-0.15, -0.1) is 0 Å². The van der Waals surface area contributed by atoms with Crippen LogP contribution < -0.4 is 20.3 Å². The molecule has 0 saturated heterocycles. The SMILES string of the molecule is COc1cc2cc(CNc3ccc4c(c3)nc(C)n4C)c(=O)[nH]c2cc1OC. The van der Waals surface area contributed by atoms with Crippen molar-refractivity contribution in [2.45, 2.75) is 13.5 Å². The molecule has 0 unspecified atom stereocenters. The molecule has 0 fully saturated rings. The van der Waals surface area contributed by atoms with Crippen molar-refractivity contribution in [2.75, 3.05) is 19.5 Å². The molecule has 0 saturated carbocycles. The van der Waals surface area contributed by atoms with E-state index in [1.165, 1.54) is 0 Å². The number of nitrogens with one attached hydrogen (secondary N) is 2. The zero-order chi connectivity index (χ0) is 19.8. The van der Waals surface area contributed by atoms with Gasteiger partial charge in [-0.25, -0.2) is 4.98 Å². The van der Waals surface area contributed by atoms with Gasteiger partial charge in [0.15, 0.2) is 11.5 Å². The number of pyridine rings is 1. The Hall–Kier alpha value is -3.48. The Morgan fingerprint density at radius 3 is 2.61 bits per heavy atom. The van der Waals surface area contributed by atoms with E-state index in [-0.39, 0.29) is 5.56 Å². The van der Waals surface area contributed by atoms with Gasteiger partial charge in [-0.3, -0.25) is 4.79 Å². The van der Waals surface area contributed by atoms with Crippen molar-refractivity contribution in [3.05, 3.63) is 58.1 Å². The lowest BCUT2D eigenvalue weighted by atomic mass is 10.1. The molecule has 0 radical (unpaired) electrons. The topological polar surface area (TPSA) is 81.2 Å². The number of hydrogen-bond acceptors (Lipinski definition) is 5. The molecule has 28 heavy (non-hydrogen) atoms. The zero-order valence-electron chi connectivity index (χ0n) is 16.3. The lowest BCUT2D eigenvalue weighted by Gasteiger charge is -2.11. The highest BCUT2D eigenvalue weighted by Crippen LogP contribution is 2.31. The first-order valence-corrected chi connectivity index (χ1v) is 8.95. The monoisotopic (exact) mass is 378 g/mol. The minimum absolute atomic E-state index is 0.137. The van der Waals surface area contributed by atoms with Crippen LogP contribution in [0.2, 0.25) is 0 Å². The molecular weight excluding hydrogens is 356 g/mol. The number of rotatable bonds is 5. The number of hydrogen-bond donors (Lipinski definition) is 2. The maximum Gasteiger partial charge on any atom is 0.253 e. The number of fused-ring (bicyclic) bond motifs is 2. The van der Waals surface area contributed by atoms with Crippen LogP contribution in [0.4, 0.5) is 5.69 Å². The maximum absolute atomic E-state index is 12.5. The standard InChI is InChI=1S/C21H22N4O3/c1-12-23-17-9-15(5-6-18(17)25(12)2)22-11-14-7-13-8-19(27-3)20(28-4)10-16(13)24-21(14)26/h5-10,22H,11H2,1-4H3,(H,24,26). The lowest BCUT2D eigenvalue weighted by Crippen LogP contribution is -2.15. The third kappa shape index (κ3) is 3.05. The van der Waals surface area contributed by atoms with E-state index < -0.39 is 0 Å². The second kappa shape index (κ2) is 6.92. The van der Waals surface area contributed by atoms with Crippen LogP contribution in [-0.4, -0.2) is 28.8 Å². The molecular formula is C21H22N4O3. The van der Waals surface area contributed by atoms with Gasteiger partial charge < -0.3 is 24.3 Å². The smallest absolute Gasteiger partial charge is 0.253 e. The van der Waals surface area contributed by atoms with E-state index in [0.29, 0.717) is 29.1 Å². The fourth-order valence-corrected chi connectivity index (χ4v) is 3.34. The number of H-pyrrole nitrogens is 1. The second-order valence-corrected chi connectivity index (χ2v) is 6.69. The van der Waals surface area contributed by atoms with Gasteiger partial charge >= 0.3 is 0 Å². The van der Waals surface area contributed by atoms with Gasteiger partial charge in [-0.2, -0.15) is 0 Å². The van der Waals surface area contributed by atoms with E-state index in [4.69, 9.17) is 9.47 Å². The molecule has 0 bridgehead atoms. The number of aromatic nitrogens is 3. The van der Waals surface area contributed by atoms with Crippen LogP contribution in [0.15, 0.2) is 41.2 Å². The van der Waals surface area contributed by atoms with Gasteiger partial charge in [0.25, 0.3) is 5.56 Å². The number of aryl methyl sites for hydroxylation is 2. The van der Waals surface area contributed by atoms with Crippen LogP contribution in [0, 0.1) is 6.92 Å². The average Bonchev–Trinajstić information content (AvgIpc) is 2.98. The van der Waals surface area contributed by atoms with E-state index in [9.17, 15) is 4.79 Å². The van der Waals surface area contributed by atoms with E-state index >= 15 is 0 Å². The fraction of sp³-hybridized carbons (Fsp3) is 0.238. The number of aromatic amines is 1. The van der Waals surface area contributed by atoms with Gasteiger partial charge in [-0.1, -0.05) is 0 Å². The Balaban J connectivity index is 1.64. The van der Waals surface area contributed by atoms with Crippen molar-refractivity contribution in [3.8, 4) is 11.5 Å². The van der Waals surface area contributed by atoms with Crippen LogP contribution >= 0.6 is 0 Å². The molecule has 2 heterocycles. The Bertz CT molecular complexity index is 1240. The first-order valence-electron chi connectivity index (χ1n) is 8.95. The van der Waals surface area contributed by atoms with Crippen LogP contribution in [0.5, 0.6) is 11.5 Å². The Morgan fingerprint density at radius 1 is 1.11 bits per heavy atom. The Kier molecular flexibility index (Phi) is 4.43. The van der Waals surface area contributed by atoms with Crippen molar-refractivity contribution >= 4 is 27.6 Å². The van der Waals surface area contributed by atoms with Crippen molar-refractivity contribution < 1.29 is 9.47 Å². The molecule has 4 aromatic rings. The third-order valence-corrected chi connectivity index (χ3v) is 5.01. The van der Waals surface area contributed by atoms with Gasteiger partial charge in [0.2, 0.25) is 0 Å². The van der Waals surface area contributed by atoms with Crippen LogP contribution in [0.3, 0.4) is 0 Å². The summed E-state index contributed by atoms with van der Waals surface area (Å²) < 4.78 is 12.7. The van der Waals surface area contributed by atoms with E-state index in [1.54, 1.807) is 20.3 Å². The van der Waals surface area contributed by atoms with Gasteiger partial charge in [0, 0.05) is 36.3 Å². The highest BCUT2D eigenvalue weighted by atomic mass is 16.5. The first kappa shape index (κ1) is 17.9. The molecule has 2 aromatic carbocycles. The largest absolute Gasteiger partial charge is 0.493 e. The Morgan fingerprint density at radius 2 is 1.86 bits per heavy atom. The predicted octanol–water partition coefficient (Wildman–Crippen LogP) is 3.35. The first-order chi connectivity index (χ1) is 13.5. The molecule has 0 aliphatic rings. The maximum atomic E-state index is 12.5.